The molecular weight excluding hydrogens is 368 g/mol. The Balaban J connectivity index is 2.33. The number of hydrogen-bond acceptors (Lipinski definition) is 5. The van der Waals surface area contributed by atoms with Gasteiger partial charge < -0.3 is 14.6 Å². The zero-order valence-electron chi connectivity index (χ0n) is 18.0. The van der Waals surface area contributed by atoms with Crippen molar-refractivity contribution in [2.45, 2.75) is 72.5 Å². The van der Waals surface area contributed by atoms with E-state index in [2.05, 4.69) is 26.8 Å². The molecule has 0 aliphatic heterocycles. The second-order valence-electron chi connectivity index (χ2n) is 8.51. The first kappa shape index (κ1) is 22.7. The van der Waals surface area contributed by atoms with Gasteiger partial charge in [-0.2, -0.15) is 0 Å². The van der Waals surface area contributed by atoms with E-state index in [1.807, 2.05) is 13.0 Å². The minimum absolute atomic E-state index is 0.0950. The second-order valence-corrected chi connectivity index (χ2v) is 8.51. The third-order valence-corrected chi connectivity index (χ3v) is 5.41. The number of phenolic OH excluding ortho intramolecular Hbond substituents is 1. The maximum absolute atomic E-state index is 12.6. The van der Waals surface area contributed by atoms with Crippen LogP contribution in [-0.2, 0) is 14.3 Å². The third-order valence-electron chi connectivity index (χ3n) is 5.41. The Morgan fingerprint density at radius 2 is 1.76 bits per heavy atom. The van der Waals surface area contributed by atoms with Crippen molar-refractivity contribution in [1.82, 2.24) is 0 Å². The van der Waals surface area contributed by atoms with Crippen molar-refractivity contribution < 1.29 is 24.2 Å². The molecule has 29 heavy (non-hydrogen) atoms. The van der Waals surface area contributed by atoms with Crippen LogP contribution in [0.5, 0.6) is 5.75 Å². The van der Waals surface area contributed by atoms with Gasteiger partial charge in [0.15, 0.2) is 0 Å². The molecule has 0 heterocycles. The normalized spacial score (nSPS) is 24.3. The number of benzene rings is 1. The van der Waals surface area contributed by atoms with E-state index in [1.54, 1.807) is 0 Å². The summed E-state index contributed by atoms with van der Waals surface area (Å²) >= 11 is 0. The van der Waals surface area contributed by atoms with E-state index >= 15 is 0 Å². The summed E-state index contributed by atoms with van der Waals surface area (Å²) in [5, 5.41) is 9.42. The standard InChI is InChI=1S/C24H32O5/c1-16-7-6-14-24(4,5)22(28-18(3)25)15-17(2)21(13-8-16)29-23(27)19-9-11-20(26)12-10-19/h8-12,15,21-22,26H,6-7,13-14H2,1-5H3/b16-8?,17-15-/t21-,22+/m1/s1. The monoisotopic (exact) mass is 400 g/mol. The highest BCUT2D eigenvalue weighted by atomic mass is 16.5. The van der Waals surface area contributed by atoms with Crippen LogP contribution in [0.4, 0.5) is 0 Å². The van der Waals surface area contributed by atoms with Gasteiger partial charge in [0.05, 0.1) is 5.56 Å². The van der Waals surface area contributed by atoms with Crippen molar-refractivity contribution in [3.8, 4) is 5.75 Å². The summed E-state index contributed by atoms with van der Waals surface area (Å²) in [7, 11) is 0. The molecular formula is C24H32O5. The van der Waals surface area contributed by atoms with Crippen LogP contribution in [-0.4, -0.2) is 29.3 Å². The van der Waals surface area contributed by atoms with Crippen molar-refractivity contribution in [2.24, 2.45) is 5.41 Å². The van der Waals surface area contributed by atoms with Crippen LogP contribution in [0.2, 0.25) is 0 Å². The molecule has 0 unspecified atom stereocenters. The summed E-state index contributed by atoms with van der Waals surface area (Å²) in [6.45, 7) is 9.60. The molecule has 0 saturated heterocycles. The number of hydrogen-bond donors (Lipinski definition) is 1. The van der Waals surface area contributed by atoms with E-state index in [9.17, 15) is 14.7 Å². The molecule has 5 nitrogen and oxygen atoms in total. The van der Waals surface area contributed by atoms with E-state index < -0.39 is 18.2 Å². The lowest BCUT2D eigenvalue weighted by atomic mass is 9.80. The minimum Gasteiger partial charge on any atom is -0.508 e. The van der Waals surface area contributed by atoms with E-state index in [1.165, 1.54) is 36.8 Å². The van der Waals surface area contributed by atoms with Gasteiger partial charge in [-0.25, -0.2) is 4.79 Å². The van der Waals surface area contributed by atoms with Crippen molar-refractivity contribution in [3.05, 3.63) is 53.1 Å². The Kier molecular flexibility index (Phi) is 7.66. The van der Waals surface area contributed by atoms with Gasteiger partial charge in [0.2, 0.25) is 0 Å². The Hall–Kier alpha value is -2.56. The number of esters is 2. The van der Waals surface area contributed by atoms with Crippen molar-refractivity contribution in [2.75, 3.05) is 0 Å². The van der Waals surface area contributed by atoms with Crippen LogP contribution >= 0.6 is 0 Å². The molecule has 0 bridgehead atoms. The fraction of sp³-hybridized carbons (Fsp3) is 0.500. The molecule has 1 aliphatic rings. The minimum atomic E-state index is -0.460. The molecule has 1 aliphatic carbocycles. The highest BCUT2D eigenvalue weighted by Gasteiger charge is 2.32. The fourth-order valence-electron chi connectivity index (χ4n) is 3.44. The van der Waals surface area contributed by atoms with E-state index in [0.717, 1.165) is 24.8 Å². The molecule has 0 aromatic heterocycles. The molecule has 1 aromatic rings. The molecule has 0 fully saturated rings. The summed E-state index contributed by atoms with van der Waals surface area (Å²) in [6.07, 6.45) is 6.61. The van der Waals surface area contributed by atoms with E-state index in [-0.39, 0.29) is 17.1 Å². The quantitative estimate of drug-likeness (QED) is 0.547. The van der Waals surface area contributed by atoms with Crippen molar-refractivity contribution in [1.29, 1.82) is 0 Å². The van der Waals surface area contributed by atoms with E-state index in [4.69, 9.17) is 9.47 Å². The maximum Gasteiger partial charge on any atom is 0.338 e. The smallest absolute Gasteiger partial charge is 0.338 e. The van der Waals surface area contributed by atoms with Gasteiger partial charge in [0.1, 0.15) is 18.0 Å². The maximum atomic E-state index is 12.6. The largest absolute Gasteiger partial charge is 0.508 e. The molecule has 0 saturated carbocycles. The number of phenols is 1. The van der Waals surface area contributed by atoms with Gasteiger partial charge in [-0.15, -0.1) is 0 Å². The van der Waals surface area contributed by atoms with Crippen LogP contribution in [0.3, 0.4) is 0 Å². The van der Waals surface area contributed by atoms with Crippen LogP contribution in [0, 0.1) is 5.41 Å². The Bertz CT molecular complexity index is 786. The fourth-order valence-corrected chi connectivity index (χ4v) is 3.44. The molecule has 0 spiro atoms. The molecule has 2 rings (SSSR count). The average Bonchev–Trinajstić information content (AvgIpc) is 2.65. The summed E-state index contributed by atoms with van der Waals surface area (Å²) in [5.74, 6) is -0.682. The highest BCUT2D eigenvalue weighted by Crippen LogP contribution is 2.34. The molecule has 2 atom stereocenters. The summed E-state index contributed by atoms with van der Waals surface area (Å²) in [4.78, 5) is 24.3. The van der Waals surface area contributed by atoms with Crippen LogP contribution in [0.15, 0.2) is 47.6 Å². The first-order valence-corrected chi connectivity index (χ1v) is 10.1. The number of aromatic hydroxyl groups is 1. The van der Waals surface area contributed by atoms with Crippen LogP contribution in [0.25, 0.3) is 0 Å². The van der Waals surface area contributed by atoms with Gasteiger partial charge in [-0.1, -0.05) is 25.5 Å². The summed E-state index contributed by atoms with van der Waals surface area (Å²) in [5.41, 5.74) is 2.25. The number of carbonyl (C=O) groups is 2. The summed E-state index contributed by atoms with van der Waals surface area (Å²) in [6, 6.07) is 5.99. The molecule has 1 aromatic carbocycles. The zero-order chi connectivity index (χ0) is 21.6. The van der Waals surface area contributed by atoms with Gasteiger partial charge in [-0.3, -0.25) is 4.79 Å². The molecule has 0 amide bonds. The SMILES string of the molecule is CC(=O)O[C@H]1/C=C(/C)[C@H](OC(=O)c2ccc(O)cc2)CC=C(C)CCCC1(C)C. The predicted molar refractivity (Wildman–Crippen MR) is 113 cm³/mol. The van der Waals surface area contributed by atoms with Gasteiger partial charge >= 0.3 is 11.9 Å². The Morgan fingerprint density at radius 1 is 1.10 bits per heavy atom. The third kappa shape index (κ3) is 6.77. The highest BCUT2D eigenvalue weighted by molar-refractivity contribution is 5.89. The second kappa shape index (κ2) is 9.77. The first-order chi connectivity index (χ1) is 13.6. The number of carbonyl (C=O) groups excluding carboxylic acids is 2. The predicted octanol–water partition coefficient (Wildman–Crippen LogP) is 5.34. The number of allylic oxidation sites excluding steroid dienone is 1. The lowest BCUT2D eigenvalue weighted by molar-refractivity contribution is -0.149. The van der Waals surface area contributed by atoms with E-state index in [0.29, 0.717) is 12.0 Å². The lowest BCUT2D eigenvalue weighted by Gasteiger charge is -2.32. The first-order valence-electron chi connectivity index (χ1n) is 10.1. The molecule has 5 heteroatoms. The zero-order valence-corrected chi connectivity index (χ0v) is 18.0. The van der Waals surface area contributed by atoms with Crippen molar-refractivity contribution in [3.63, 3.8) is 0 Å². The average molecular weight is 401 g/mol. The molecule has 1 N–H and O–H groups in total. The number of ether oxygens (including phenoxy) is 2. The van der Waals surface area contributed by atoms with Gasteiger partial charge in [0.25, 0.3) is 0 Å². The topological polar surface area (TPSA) is 72.8 Å². The Morgan fingerprint density at radius 3 is 2.38 bits per heavy atom. The summed E-state index contributed by atoms with van der Waals surface area (Å²) < 4.78 is 11.4. The number of rotatable bonds is 3. The molecule has 0 radical (unpaired) electrons. The van der Waals surface area contributed by atoms with Crippen LogP contribution < -0.4 is 0 Å². The Labute approximate surface area is 173 Å². The van der Waals surface area contributed by atoms with Gasteiger partial charge in [0, 0.05) is 18.8 Å². The van der Waals surface area contributed by atoms with Crippen LogP contribution in [0.1, 0.15) is 70.7 Å². The van der Waals surface area contributed by atoms with Crippen molar-refractivity contribution >= 4 is 11.9 Å². The van der Waals surface area contributed by atoms with Gasteiger partial charge in [-0.05, 0) is 69.0 Å². The lowest BCUT2D eigenvalue weighted by Crippen LogP contribution is -2.33. The molecule has 158 valence electrons.